The quantitative estimate of drug-likeness (QED) is 0.804. The maximum absolute atomic E-state index is 12.4. The van der Waals surface area contributed by atoms with Crippen molar-refractivity contribution in [3.8, 4) is 5.75 Å². The highest BCUT2D eigenvalue weighted by Crippen LogP contribution is 2.25. The van der Waals surface area contributed by atoms with Crippen molar-refractivity contribution in [1.29, 1.82) is 0 Å². The smallest absolute Gasteiger partial charge is 0.337 e. The molecule has 0 saturated heterocycles. The third kappa shape index (κ3) is 4.49. The van der Waals surface area contributed by atoms with Crippen LogP contribution in [-0.4, -0.2) is 25.1 Å². The van der Waals surface area contributed by atoms with Crippen LogP contribution < -0.4 is 10.1 Å². The zero-order valence-corrected chi connectivity index (χ0v) is 14.2. The summed E-state index contributed by atoms with van der Waals surface area (Å²) in [4.78, 5) is 23.8. The maximum atomic E-state index is 12.4. The Morgan fingerprint density at radius 1 is 1.12 bits per heavy atom. The summed E-state index contributed by atoms with van der Waals surface area (Å²) < 4.78 is 10.3. The van der Waals surface area contributed by atoms with Crippen molar-refractivity contribution in [3.05, 3.63) is 59.1 Å². The lowest BCUT2D eigenvalue weighted by atomic mass is 10.2. The summed E-state index contributed by atoms with van der Waals surface area (Å²) in [5.41, 5.74) is 0.976. The van der Waals surface area contributed by atoms with E-state index < -0.39 is 12.1 Å². The summed E-state index contributed by atoms with van der Waals surface area (Å²) in [7, 11) is 1.32. The van der Waals surface area contributed by atoms with Crippen LogP contribution in [0, 0.1) is 0 Å². The van der Waals surface area contributed by atoms with Crippen LogP contribution in [0.2, 0.25) is 5.02 Å². The molecule has 126 valence electrons. The molecule has 0 heterocycles. The fraction of sp³-hybridized carbons (Fsp3) is 0.222. The van der Waals surface area contributed by atoms with Crippen LogP contribution in [0.1, 0.15) is 23.7 Å². The lowest BCUT2D eigenvalue weighted by Crippen LogP contribution is -2.32. The Morgan fingerprint density at radius 2 is 1.79 bits per heavy atom. The first-order valence-corrected chi connectivity index (χ1v) is 7.83. The molecule has 0 radical (unpaired) electrons. The largest absolute Gasteiger partial charge is 0.479 e. The van der Waals surface area contributed by atoms with E-state index in [0.717, 1.165) is 0 Å². The topological polar surface area (TPSA) is 64.6 Å². The SMILES string of the molecule is CC[C@@H](Oc1ccccc1Cl)C(=O)Nc1ccc(C(=O)OC)cc1. The van der Waals surface area contributed by atoms with E-state index in [9.17, 15) is 9.59 Å². The third-order valence-corrected chi connectivity index (χ3v) is 3.65. The van der Waals surface area contributed by atoms with Crippen LogP contribution >= 0.6 is 11.6 Å². The molecule has 6 heteroatoms. The van der Waals surface area contributed by atoms with Crippen molar-refractivity contribution in [3.63, 3.8) is 0 Å². The van der Waals surface area contributed by atoms with Gasteiger partial charge in [-0.15, -0.1) is 0 Å². The van der Waals surface area contributed by atoms with E-state index in [1.165, 1.54) is 7.11 Å². The zero-order chi connectivity index (χ0) is 17.5. The van der Waals surface area contributed by atoms with E-state index in [1.54, 1.807) is 48.5 Å². The normalized spacial score (nSPS) is 11.5. The number of hydrogen-bond donors (Lipinski definition) is 1. The molecule has 0 aliphatic carbocycles. The van der Waals surface area contributed by atoms with E-state index in [-0.39, 0.29) is 5.91 Å². The number of ether oxygens (including phenoxy) is 2. The number of carbonyl (C=O) groups excluding carboxylic acids is 2. The number of hydrogen-bond acceptors (Lipinski definition) is 4. The number of methoxy groups -OCH3 is 1. The van der Waals surface area contributed by atoms with Crippen LogP contribution in [0.3, 0.4) is 0 Å². The predicted molar refractivity (Wildman–Crippen MR) is 92.6 cm³/mol. The monoisotopic (exact) mass is 347 g/mol. The lowest BCUT2D eigenvalue weighted by molar-refractivity contribution is -0.122. The molecule has 0 unspecified atom stereocenters. The van der Waals surface area contributed by atoms with Gasteiger partial charge in [0, 0.05) is 5.69 Å². The molecular weight excluding hydrogens is 330 g/mol. The van der Waals surface area contributed by atoms with Crippen molar-refractivity contribution >= 4 is 29.2 Å². The van der Waals surface area contributed by atoms with Gasteiger partial charge in [0.15, 0.2) is 6.10 Å². The van der Waals surface area contributed by atoms with Crippen LogP contribution in [0.4, 0.5) is 5.69 Å². The van der Waals surface area contributed by atoms with E-state index in [2.05, 4.69) is 10.1 Å². The van der Waals surface area contributed by atoms with Crippen molar-refractivity contribution in [2.75, 3.05) is 12.4 Å². The Hall–Kier alpha value is -2.53. The second-order valence-corrected chi connectivity index (χ2v) is 5.41. The second kappa shape index (κ2) is 8.36. The van der Waals surface area contributed by atoms with Crippen LogP contribution in [0.5, 0.6) is 5.75 Å². The summed E-state index contributed by atoms with van der Waals surface area (Å²) >= 11 is 6.05. The number of halogens is 1. The number of anilines is 1. The molecular formula is C18H18ClNO4. The molecule has 0 bridgehead atoms. The van der Waals surface area contributed by atoms with Gasteiger partial charge in [0.2, 0.25) is 0 Å². The number of nitrogens with one attached hydrogen (secondary N) is 1. The summed E-state index contributed by atoms with van der Waals surface area (Å²) in [6.07, 6.45) is -0.192. The first-order valence-electron chi connectivity index (χ1n) is 7.45. The highest BCUT2D eigenvalue weighted by molar-refractivity contribution is 6.32. The second-order valence-electron chi connectivity index (χ2n) is 5.00. The highest BCUT2D eigenvalue weighted by atomic mass is 35.5. The van der Waals surface area contributed by atoms with Gasteiger partial charge in [0.05, 0.1) is 17.7 Å². The van der Waals surface area contributed by atoms with Gasteiger partial charge in [-0.25, -0.2) is 4.79 Å². The standard InChI is InChI=1S/C18H18ClNO4/c1-3-15(24-16-7-5-4-6-14(16)19)17(21)20-13-10-8-12(9-11-13)18(22)23-2/h4-11,15H,3H2,1-2H3,(H,20,21)/t15-/m1/s1. The van der Waals surface area contributed by atoms with E-state index >= 15 is 0 Å². The predicted octanol–water partition coefficient (Wildman–Crippen LogP) is 3.92. The Kier molecular flexibility index (Phi) is 6.21. The van der Waals surface area contributed by atoms with Crippen LogP contribution in [0.25, 0.3) is 0 Å². The third-order valence-electron chi connectivity index (χ3n) is 3.34. The van der Waals surface area contributed by atoms with Gasteiger partial charge >= 0.3 is 5.97 Å². The Bertz CT molecular complexity index is 715. The number of carbonyl (C=O) groups is 2. The fourth-order valence-electron chi connectivity index (χ4n) is 2.05. The molecule has 0 aliphatic rings. The molecule has 0 aliphatic heterocycles. The molecule has 0 saturated carbocycles. The van der Waals surface area contributed by atoms with Gasteiger partial charge in [-0.05, 0) is 42.8 Å². The van der Waals surface area contributed by atoms with Gasteiger partial charge in [-0.2, -0.15) is 0 Å². The molecule has 2 aromatic rings. The maximum Gasteiger partial charge on any atom is 0.337 e. The Balaban J connectivity index is 2.04. The number of benzene rings is 2. The minimum absolute atomic E-state index is 0.289. The molecule has 0 fully saturated rings. The van der Waals surface area contributed by atoms with Gasteiger partial charge in [-0.3, -0.25) is 4.79 Å². The first kappa shape index (κ1) is 17.8. The molecule has 0 aromatic heterocycles. The van der Waals surface area contributed by atoms with Crippen LogP contribution in [0.15, 0.2) is 48.5 Å². The number of para-hydroxylation sites is 1. The minimum atomic E-state index is -0.676. The van der Waals surface area contributed by atoms with E-state index in [1.807, 2.05) is 6.92 Å². The molecule has 1 amide bonds. The van der Waals surface area contributed by atoms with Crippen molar-refractivity contribution in [1.82, 2.24) is 0 Å². The summed E-state index contributed by atoms with van der Waals surface area (Å²) in [6, 6.07) is 13.4. The van der Waals surface area contributed by atoms with Crippen molar-refractivity contribution in [2.24, 2.45) is 0 Å². The van der Waals surface area contributed by atoms with Gasteiger partial charge in [-0.1, -0.05) is 30.7 Å². The summed E-state index contributed by atoms with van der Waals surface area (Å²) in [6.45, 7) is 1.85. The molecule has 24 heavy (non-hydrogen) atoms. The van der Waals surface area contributed by atoms with Gasteiger partial charge in [0.25, 0.3) is 5.91 Å². The lowest BCUT2D eigenvalue weighted by Gasteiger charge is -2.18. The number of esters is 1. The minimum Gasteiger partial charge on any atom is -0.479 e. The first-order chi connectivity index (χ1) is 11.5. The molecule has 1 N–H and O–H groups in total. The van der Waals surface area contributed by atoms with Gasteiger partial charge < -0.3 is 14.8 Å². The molecule has 5 nitrogen and oxygen atoms in total. The summed E-state index contributed by atoms with van der Waals surface area (Å²) in [5.74, 6) is -0.258. The number of amides is 1. The molecule has 0 spiro atoms. The average Bonchev–Trinajstić information content (AvgIpc) is 2.61. The average molecular weight is 348 g/mol. The Morgan fingerprint density at radius 3 is 2.38 bits per heavy atom. The Labute approximate surface area is 145 Å². The van der Waals surface area contributed by atoms with E-state index in [0.29, 0.717) is 28.4 Å². The van der Waals surface area contributed by atoms with E-state index in [4.69, 9.17) is 16.3 Å². The highest BCUT2D eigenvalue weighted by Gasteiger charge is 2.19. The zero-order valence-electron chi connectivity index (χ0n) is 13.4. The van der Waals surface area contributed by atoms with Gasteiger partial charge in [0.1, 0.15) is 5.75 Å². The number of rotatable bonds is 6. The molecule has 2 aromatic carbocycles. The molecule has 1 atom stereocenters. The summed E-state index contributed by atoms with van der Waals surface area (Å²) in [5, 5.41) is 3.21. The van der Waals surface area contributed by atoms with Crippen LogP contribution in [-0.2, 0) is 9.53 Å². The van der Waals surface area contributed by atoms with Crippen molar-refractivity contribution in [2.45, 2.75) is 19.4 Å². The van der Waals surface area contributed by atoms with Crippen molar-refractivity contribution < 1.29 is 19.1 Å². The fourth-order valence-corrected chi connectivity index (χ4v) is 2.23. The molecule has 2 rings (SSSR count).